The zero-order valence-electron chi connectivity index (χ0n) is 15.1. The standard InChI is InChI=1S/C18H26N2O5/c1-4-7-25-17(21)11-16-18(22)19-5-6-20(16)12-13-8-14(23-2)10-15(9-13)24-3/h8-10,16H,4-7,11-12H2,1-3H3,(H,19,22)/p+1/t16-/m0/s1. The van der Waals surface area contributed by atoms with Gasteiger partial charge in [0.15, 0.2) is 6.04 Å². The third-order valence-corrected chi connectivity index (χ3v) is 4.24. The maximum Gasteiger partial charge on any atom is 0.312 e. The second kappa shape index (κ2) is 9.27. The molecule has 1 aliphatic heterocycles. The summed E-state index contributed by atoms with van der Waals surface area (Å²) in [6, 6.07) is 5.21. The first-order valence-electron chi connectivity index (χ1n) is 8.57. The molecular formula is C18H27N2O5+. The van der Waals surface area contributed by atoms with Crippen LogP contribution in [0, 0.1) is 0 Å². The number of hydrogen-bond donors (Lipinski definition) is 2. The molecule has 2 rings (SSSR count). The summed E-state index contributed by atoms with van der Waals surface area (Å²) in [5.41, 5.74) is 0.993. The molecule has 1 saturated heterocycles. The highest BCUT2D eigenvalue weighted by Crippen LogP contribution is 2.22. The van der Waals surface area contributed by atoms with Gasteiger partial charge in [0.25, 0.3) is 5.91 Å². The molecule has 0 aromatic heterocycles. The first-order valence-corrected chi connectivity index (χ1v) is 8.57. The number of quaternary nitrogens is 1. The Balaban J connectivity index is 2.11. The molecule has 1 unspecified atom stereocenters. The van der Waals surface area contributed by atoms with E-state index in [1.54, 1.807) is 20.3 Å². The van der Waals surface area contributed by atoms with Gasteiger partial charge in [0.1, 0.15) is 24.5 Å². The van der Waals surface area contributed by atoms with E-state index >= 15 is 0 Å². The summed E-state index contributed by atoms with van der Waals surface area (Å²) >= 11 is 0. The predicted octanol–water partition coefficient (Wildman–Crippen LogP) is -0.0696. The van der Waals surface area contributed by atoms with Gasteiger partial charge in [-0.15, -0.1) is 0 Å². The molecule has 25 heavy (non-hydrogen) atoms. The zero-order valence-corrected chi connectivity index (χ0v) is 15.1. The molecule has 2 atom stereocenters. The summed E-state index contributed by atoms with van der Waals surface area (Å²) in [4.78, 5) is 25.3. The molecule has 0 saturated carbocycles. The number of methoxy groups -OCH3 is 2. The maximum atomic E-state index is 12.3. The zero-order chi connectivity index (χ0) is 18.2. The van der Waals surface area contributed by atoms with E-state index < -0.39 is 6.04 Å². The van der Waals surface area contributed by atoms with Crippen molar-refractivity contribution in [1.29, 1.82) is 0 Å². The molecular weight excluding hydrogens is 324 g/mol. The lowest BCUT2D eigenvalue weighted by Crippen LogP contribution is -3.18. The number of rotatable bonds is 8. The van der Waals surface area contributed by atoms with Crippen LogP contribution in [-0.2, 0) is 20.9 Å². The number of benzene rings is 1. The average molecular weight is 351 g/mol. The van der Waals surface area contributed by atoms with Crippen molar-refractivity contribution in [3.8, 4) is 11.5 Å². The number of esters is 1. The van der Waals surface area contributed by atoms with Crippen LogP contribution in [0.1, 0.15) is 25.3 Å². The number of nitrogens with one attached hydrogen (secondary N) is 2. The van der Waals surface area contributed by atoms with Gasteiger partial charge in [-0.05, 0) is 18.6 Å². The Morgan fingerprint density at radius 1 is 1.24 bits per heavy atom. The third-order valence-electron chi connectivity index (χ3n) is 4.24. The molecule has 2 N–H and O–H groups in total. The van der Waals surface area contributed by atoms with Crippen LogP contribution >= 0.6 is 0 Å². The second-order valence-electron chi connectivity index (χ2n) is 6.07. The smallest absolute Gasteiger partial charge is 0.312 e. The average Bonchev–Trinajstić information content (AvgIpc) is 2.62. The van der Waals surface area contributed by atoms with E-state index in [1.807, 2.05) is 19.1 Å². The summed E-state index contributed by atoms with van der Waals surface area (Å²) in [6.45, 7) is 4.27. The minimum absolute atomic E-state index is 0.0856. The number of piperazine rings is 1. The van der Waals surface area contributed by atoms with Gasteiger partial charge in [0, 0.05) is 11.6 Å². The summed E-state index contributed by atoms with van der Waals surface area (Å²) in [6.07, 6.45) is 0.852. The van der Waals surface area contributed by atoms with Crippen molar-refractivity contribution in [3.05, 3.63) is 23.8 Å². The van der Waals surface area contributed by atoms with Gasteiger partial charge in [-0.2, -0.15) is 0 Å². The Morgan fingerprint density at radius 3 is 2.52 bits per heavy atom. The number of carbonyl (C=O) groups excluding carboxylic acids is 2. The highest BCUT2D eigenvalue weighted by molar-refractivity contribution is 5.85. The molecule has 0 spiro atoms. The summed E-state index contributed by atoms with van der Waals surface area (Å²) in [7, 11) is 3.21. The van der Waals surface area contributed by atoms with E-state index in [1.165, 1.54) is 0 Å². The lowest BCUT2D eigenvalue weighted by molar-refractivity contribution is -0.930. The maximum absolute atomic E-state index is 12.3. The van der Waals surface area contributed by atoms with Gasteiger partial charge in [-0.1, -0.05) is 6.92 Å². The van der Waals surface area contributed by atoms with Gasteiger partial charge < -0.3 is 24.4 Å². The van der Waals surface area contributed by atoms with E-state index in [0.29, 0.717) is 31.2 Å². The van der Waals surface area contributed by atoms with Crippen molar-refractivity contribution >= 4 is 11.9 Å². The van der Waals surface area contributed by atoms with Crippen molar-refractivity contribution in [2.24, 2.45) is 0 Å². The van der Waals surface area contributed by atoms with Crippen molar-refractivity contribution < 1.29 is 28.7 Å². The summed E-state index contributed by atoms with van der Waals surface area (Å²) in [5.74, 6) is 0.970. The van der Waals surface area contributed by atoms with Crippen molar-refractivity contribution in [1.82, 2.24) is 5.32 Å². The minimum atomic E-state index is -0.449. The molecule has 0 radical (unpaired) electrons. The molecule has 1 heterocycles. The van der Waals surface area contributed by atoms with Gasteiger partial charge in [0.2, 0.25) is 0 Å². The van der Waals surface area contributed by atoms with Crippen LogP contribution in [0.3, 0.4) is 0 Å². The first-order chi connectivity index (χ1) is 12.1. The highest BCUT2D eigenvalue weighted by Gasteiger charge is 2.36. The fourth-order valence-corrected chi connectivity index (χ4v) is 2.95. The molecule has 7 nitrogen and oxygen atoms in total. The van der Waals surface area contributed by atoms with E-state index in [9.17, 15) is 9.59 Å². The van der Waals surface area contributed by atoms with Gasteiger partial charge in [-0.3, -0.25) is 9.59 Å². The number of hydrogen-bond acceptors (Lipinski definition) is 5. The van der Waals surface area contributed by atoms with Crippen molar-refractivity contribution in [3.63, 3.8) is 0 Å². The Hall–Kier alpha value is -2.28. The molecule has 1 aromatic carbocycles. The van der Waals surface area contributed by atoms with Crippen LogP contribution < -0.4 is 19.7 Å². The van der Waals surface area contributed by atoms with Crippen LogP contribution in [0.5, 0.6) is 11.5 Å². The Labute approximate surface area is 148 Å². The monoisotopic (exact) mass is 351 g/mol. The predicted molar refractivity (Wildman–Crippen MR) is 91.7 cm³/mol. The topological polar surface area (TPSA) is 78.3 Å². The molecule has 1 aromatic rings. The minimum Gasteiger partial charge on any atom is -0.497 e. The van der Waals surface area contributed by atoms with E-state index in [-0.39, 0.29) is 18.3 Å². The lowest BCUT2D eigenvalue weighted by Gasteiger charge is -2.31. The third kappa shape index (κ3) is 5.35. The van der Waals surface area contributed by atoms with Gasteiger partial charge >= 0.3 is 5.97 Å². The van der Waals surface area contributed by atoms with Gasteiger partial charge in [0.05, 0.1) is 33.9 Å². The SMILES string of the molecule is CCCOC(=O)C[C@H]1C(=O)NCC[NH+]1Cc1cc(OC)cc(OC)c1. The fourth-order valence-electron chi connectivity index (χ4n) is 2.95. The highest BCUT2D eigenvalue weighted by atomic mass is 16.5. The quantitative estimate of drug-likeness (QED) is 0.641. The Kier molecular flexibility index (Phi) is 7.06. The van der Waals surface area contributed by atoms with E-state index in [2.05, 4.69) is 5.32 Å². The molecule has 0 bridgehead atoms. The van der Waals surface area contributed by atoms with Crippen LogP contribution in [0.2, 0.25) is 0 Å². The molecule has 1 amide bonds. The fraction of sp³-hybridized carbons (Fsp3) is 0.556. The largest absolute Gasteiger partial charge is 0.497 e. The normalized spacial score (nSPS) is 19.9. The molecule has 138 valence electrons. The van der Waals surface area contributed by atoms with Crippen molar-refractivity contribution in [2.75, 3.05) is 33.9 Å². The van der Waals surface area contributed by atoms with E-state index in [4.69, 9.17) is 14.2 Å². The van der Waals surface area contributed by atoms with Gasteiger partial charge in [-0.25, -0.2) is 0 Å². The lowest BCUT2D eigenvalue weighted by atomic mass is 10.1. The van der Waals surface area contributed by atoms with Crippen LogP contribution in [0.25, 0.3) is 0 Å². The summed E-state index contributed by atoms with van der Waals surface area (Å²) < 4.78 is 15.7. The van der Waals surface area contributed by atoms with Crippen molar-refractivity contribution in [2.45, 2.75) is 32.4 Å². The molecule has 7 heteroatoms. The van der Waals surface area contributed by atoms with E-state index in [0.717, 1.165) is 23.4 Å². The molecule has 1 aliphatic rings. The molecule has 0 aliphatic carbocycles. The second-order valence-corrected chi connectivity index (χ2v) is 6.07. The number of ether oxygens (including phenoxy) is 3. The number of amides is 1. The Morgan fingerprint density at radius 2 is 1.92 bits per heavy atom. The molecule has 1 fully saturated rings. The Bertz CT molecular complexity index is 583. The number of carbonyl (C=O) groups is 2. The summed E-state index contributed by atoms with van der Waals surface area (Å²) in [5, 5.41) is 2.84. The first kappa shape index (κ1) is 19.1. The van der Waals surface area contributed by atoms with Crippen LogP contribution in [-0.4, -0.2) is 51.8 Å². The van der Waals surface area contributed by atoms with Crippen LogP contribution in [0.4, 0.5) is 0 Å². The van der Waals surface area contributed by atoms with Crippen LogP contribution in [0.15, 0.2) is 18.2 Å².